The first-order valence-corrected chi connectivity index (χ1v) is 9.53. The quantitative estimate of drug-likeness (QED) is 0.803. The molecule has 0 aromatic heterocycles. The van der Waals surface area contributed by atoms with E-state index in [1.54, 1.807) is 25.7 Å². The van der Waals surface area contributed by atoms with Crippen LogP contribution in [-0.4, -0.2) is 52.8 Å². The largest absolute Gasteiger partial charge is 0.444 e. The number of hydrogen-bond donors (Lipinski definition) is 2. The van der Waals surface area contributed by atoms with Gasteiger partial charge < -0.3 is 20.1 Å². The number of alkyl carbamates (subject to hydrolysis) is 1. The monoisotopic (exact) mass is 368 g/mol. The van der Waals surface area contributed by atoms with Crippen LogP contribution in [0.25, 0.3) is 0 Å². The molecule has 1 saturated carbocycles. The number of carbonyl (C=O) groups is 2. The predicted octanol–water partition coefficient (Wildman–Crippen LogP) is 2.94. The van der Waals surface area contributed by atoms with Gasteiger partial charge in [0.15, 0.2) is 0 Å². The average molecular weight is 369 g/mol. The minimum absolute atomic E-state index is 0.0487. The van der Waals surface area contributed by atoms with E-state index in [1.165, 1.54) is 0 Å². The van der Waals surface area contributed by atoms with E-state index < -0.39 is 23.2 Å². The van der Waals surface area contributed by atoms with Crippen LogP contribution in [0, 0.1) is 16.2 Å². The SMILES string of the molecule is CC(C)(C)OC(=O)NC(C(=O)N1CC2(C[C@H]1CO)CC2(C)C)C(C)(C)C. The van der Waals surface area contributed by atoms with Crippen molar-refractivity contribution in [3.8, 4) is 0 Å². The molecule has 6 nitrogen and oxygen atoms in total. The maximum atomic E-state index is 13.3. The summed E-state index contributed by atoms with van der Waals surface area (Å²) in [7, 11) is 0. The lowest BCUT2D eigenvalue weighted by Crippen LogP contribution is -2.56. The molecule has 2 unspecified atom stereocenters. The van der Waals surface area contributed by atoms with Crippen molar-refractivity contribution in [3.05, 3.63) is 0 Å². The smallest absolute Gasteiger partial charge is 0.408 e. The van der Waals surface area contributed by atoms with Gasteiger partial charge in [-0.05, 0) is 49.9 Å². The molecule has 6 heteroatoms. The van der Waals surface area contributed by atoms with Crippen molar-refractivity contribution in [2.75, 3.05) is 13.2 Å². The second-order valence-corrected chi connectivity index (χ2v) is 10.8. The third-order valence-electron chi connectivity index (χ3n) is 5.90. The van der Waals surface area contributed by atoms with Crippen molar-refractivity contribution in [2.45, 2.75) is 85.9 Å². The standard InChI is InChI=1S/C20H36N2O4/c1-17(2,3)14(21-16(25)26-18(4,5)6)15(24)22-12-20(9-13(22)10-23)11-19(20,7)8/h13-14,23H,9-12H2,1-8H3,(H,21,25)/t13-,14?,20?/m0/s1. The van der Waals surface area contributed by atoms with Crippen LogP contribution in [-0.2, 0) is 9.53 Å². The van der Waals surface area contributed by atoms with Crippen LogP contribution < -0.4 is 5.32 Å². The van der Waals surface area contributed by atoms with Gasteiger partial charge in [0.25, 0.3) is 0 Å². The highest BCUT2D eigenvalue weighted by Crippen LogP contribution is 2.68. The zero-order valence-electron chi connectivity index (χ0n) is 17.6. The number of ether oxygens (including phenoxy) is 1. The molecule has 0 bridgehead atoms. The Balaban J connectivity index is 2.17. The zero-order valence-corrected chi connectivity index (χ0v) is 17.6. The number of aliphatic hydroxyl groups is 1. The molecule has 0 aromatic rings. The van der Waals surface area contributed by atoms with Crippen LogP contribution in [0.5, 0.6) is 0 Å². The lowest BCUT2D eigenvalue weighted by atomic mass is 9.85. The van der Waals surface area contributed by atoms with E-state index in [2.05, 4.69) is 19.2 Å². The first-order valence-electron chi connectivity index (χ1n) is 9.53. The van der Waals surface area contributed by atoms with Crippen molar-refractivity contribution in [2.24, 2.45) is 16.2 Å². The molecule has 1 aliphatic carbocycles. The summed E-state index contributed by atoms with van der Waals surface area (Å²) in [6.07, 6.45) is 1.30. The summed E-state index contributed by atoms with van der Waals surface area (Å²) in [5.74, 6) is -0.137. The molecule has 0 aromatic carbocycles. The highest BCUT2D eigenvalue weighted by atomic mass is 16.6. The first-order chi connectivity index (χ1) is 11.6. The van der Waals surface area contributed by atoms with Crippen molar-refractivity contribution >= 4 is 12.0 Å². The molecule has 2 rings (SSSR count). The van der Waals surface area contributed by atoms with Crippen molar-refractivity contribution in [3.63, 3.8) is 0 Å². The molecular formula is C20H36N2O4. The van der Waals surface area contributed by atoms with E-state index in [4.69, 9.17) is 4.74 Å². The van der Waals surface area contributed by atoms with Crippen LogP contribution >= 0.6 is 0 Å². The second-order valence-electron chi connectivity index (χ2n) is 10.8. The number of nitrogens with zero attached hydrogens (tertiary/aromatic N) is 1. The Labute approximate surface area is 157 Å². The molecule has 2 N–H and O–H groups in total. The molecule has 1 spiro atoms. The molecule has 2 amide bonds. The Bertz CT molecular complexity index is 573. The van der Waals surface area contributed by atoms with E-state index in [0.29, 0.717) is 6.54 Å². The number of carbonyl (C=O) groups excluding carboxylic acids is 2. The predicted molar refractivity (Wildman–Crippen MR) is 101 cm³/mol. The summed E-state index contributed by atoms with van der Waals surface area (Å²) in [6, 6.07) is -0.891. The van der Waals surface area contributed by atoms with E-state index in [1.807, 2.05) is 20.8 Å². The summed E-state index contributed by atoms with van der Waals surface area (Å²) in [6.45, 7) is 16.2. The molecule has 2 fully saturated rings. The van der Waals surface area contributed by atoms with Gasteiger partial charge in [0.2, 0.25) is 5.91 Å². The summed E-state index contributed by atoms with van der Waals surface area (Å²) in [5.41, 5.74) is -0.794. The summed E-state index contributed by atoms with van der Waals surface area (Å²) < 4.78 is 5.35. The van der Waals surface area contributed by atoms with E-state index in [9.17, 15) is 14.7 Å². The topological polar surface area (TPSA) is 78.9 Å². The van der Waals surface area contributed by atoms with Gasteiger partial charge in [-0.1, -0.05) is 34.6 Å². The number of nitrogens with one attached hydrogen (secondary N) is 1. The number of amides is 2. The molecular weight excluding hydrogens is 332 g/mol. The molecule has 150 valence electrons. The zero-order chi connectivity index (χ0) is 20.1. The van der Waals surface area contributed by atoms with Gasteiger partial charge in [0.05, 0.1) is 12.6 Å². The van der Waals surface area contributed by atoms with Crippen molar-refractivity contribution < 1.29 is 19.4 Å². The summed E-state index contributed by atoms with van der Waals surface area (Å²) in [5, 5.41) is 12.6. The maximum Gasteiger partial charge on any atom is 0.408 e. The fraction of sp³-hybridized carbons (Fsp3) is 0.900. The van der Waals surface area contributed by atoms with Crippen LogP contribution in [0.15, 0.2) is 0 Å². The minimum atomic E-state index is -0.705. The molecule has 26 heavy (non-hydrogen) atoms. The normalized spacial score (nSPS) is 28.8. The van der Waals surface area contributed by atoms with Crippen molar-refractivity contribution in [1.29, 1.82) is 0 Å². The van der Waals surface area contributed by atoms with Crippen LogP contribution in [0.3, 0.4) is 0 Å². The van der Waals surface area contributed by atoms with Gasteiger partial charge in [-0.2, -0.15) is 0 Å². The third kappa shape index (κ3) is 4.16. The highest BCUT2D eigenvalue weighted by Gasteiger charge is 2.66. The van der Waals surface area contributed by atoms with Crippen LogP contribution in [0.4, 0.5) is 4.79 Å². The first kappa shape index (κ1) is 21.0. The van der Waals surface area contributed by atoms with Gasteiger partial charge >= 0.3 is 6.09 Å². The van der Waals surface area contributed by atoms with Gasteiger partial charge in [-0.25, -0.2) is 4.79 Å². The molecule has 2 aliphatic rings. The number of aliphatic hydroxyl groups excluding tert-OH is 1. The summed E-state index contributed by atoms with van der Waals surface area (Å²) in [4.78, 5) is 27.4. The second kappa shape index (κ2) is 6.39. The van der Waals surface area contributed by atoms with E-state index in [0.717, 1.165) is 12.8 Å². The van der Waals surface area contributed by atoms with Gasteiger partial charge in [0.1, 0.15) is 11.6 Å². The highest BCUT2D eigenvalue weighted by molar-refractivity contribution is 5.87. The Morgan fingerprint density at radius 3 is 2.15 bits per heavy atom. The number of hydrogen-bond acceptors (Lipinski definition) is 4. The Morgan fingerprint density at radius 2 is 1.77 bits per heavy atom. The van der Waals surface area contributed by atoms with Gasteiger partial charge in [0, 0.05) is 6.54 Å². The fourth-order valence-electron chi connectivity index (χ4n) is 4.16. The molecule has 1 aliphatic heterocycles. The lowest BCUT2D eigenvalue weighted by molar-refractivity contribution is -0.138. The van der Waals surface area contributed by atoms with E-state index >= 15 is 0 Å². The number of rotatable bonds is 3. The van der Waals surface area contributed by atoms with Gasteiger partial charge in [-0.3, -0.25) is 4.79 Å². The molecule has 3 atom stereocenters. The van der Waals surface area contributed by atoms with Crippen molar-refractivity contribution in [1.82, 2.24) is 10.2 Å². The number of likely N-dealkylation sites (tertiary alicyclic amines) is 1. The lowest BCUT2D eigenvalue weighted by Gasteiger charge is -2.35. The van der Waals surface area contributed by atoms with Gasteiger partial charge in [-0.15, -0.1) is 0 Å². The Kier molecular flexibility index (Phi) is 5.17. The third-order valence-corrected chi connectivity index (χ3v) is 5.90. The van der Waals surface area contributed by atoms with E-state index in [-0.39, 0.29) is 29.4 Å². The maximum absolute atomic E-state index is 13.3. The molecule has 1 heterocycles. The Hall–Kier alpha value is -1.30. The average Bonchev–Trinajstić information content (AvgIpc) is 2.78. The van der Waals surface area contributed by atoms with Crippen LogP contribution in [0.1, 0.15) is 68.2 Å². The van der Waals surface area contributed by atoms with Crippen LogP contribution in [0.2, 0.25) is 0 Å². The Morgan fingerprint density at radius 1 is 1.23 bits per heavy atom. The molecule has 1 saturated heterocycles. The minimum Gasteiger partial charge on any atom is -0.444 e. The molecule has 0 radical (unpaired) electrons. The summed E-state index contributed by atoms with van der Waals surface area (Å²) >= 11 is 0. The fourth-order valence-corrected chi connectivity index (χ4v) is 4.16.